The molecular formula is C34H86BaGe2O4Si6. The molecule has 4 saturated heterocycles. The number of hydrogen-bond acceptors (Lipinski definition) is 4. The van der Waals surface area contributed by atoms with E-state index in [1.807, 2.05) is 0 Å². The SMILES string of the molecule is C1CCOC1.C1CCOC1.C1CCOC1.C1CCOC1.C[Si](C)C.C[Si](C)C.C[Si](C)C.C[Si](C)C.C[Si](C)C.C[Si](C)C.[Ba].[Ge].[Ge]. The second-order valence-electron chi connectivity index (χ2n) is 14.3. The Morgan fingerprint density at radius 1 is 0.234 bits per heavy atom. The maximum absolute atomic E-state index is 4.94. The summed E-state index contributed by atoms with van der Waals surface area (Å²) in [6.45, 7) is 48.8. The van der Waals surface area contributed by atoms with Crippen molar-refractivity contribution >= 4 is 137 Å². The molecule has 0 amide bonds. The molecule has 0 aromatic carbocycles. The summed E-state index contributed by atoms with van der Waals surface area (Å²) >= 11 is 0. The molecule has 0 N–H and O–H groups in total. The van der Waals surface area contributed by atoms with Crippen LogP contribution in [0.25, 0.3) is 0 Å². The Balaban J connectivity index is -0.0000000486. The van der Waals surface area contributed by atoms with E-state index >= 15 is 0 Å². The molecule has 0 saturated carbocycles. The van der Waals surface area contributed by atoms with Crippen molar-refractivity contribution in [2.45, 2.75) is 169 Å². The number of ether oxygens (including phenoxy) is 4. The van der Waals surface area contributed by atoms with E-state index in [-0.39, 0.29) is 137 Å². The molecular weight excluding hydrogens is 923 g/mol. The third-order valence-electron chi connectivity index (χ3n) is 3.31. The average Bonchev–Trinajstić information content (AvgIpc) is 3.70. The summed E-state index contributed by atoms with van der Waals surface area (Å²) in [5.41, 5.74) is 0. The molecule has 0 unspecified atom stereocenters. The van der Waals surface area contributed by atoms with Gasteiger partial charge in [0.25, 0.3) is 0 Å². The van der Waals surface area contributed by atoms with Gasteiger partial charge in [0.15, 0.2) is 0 Å². The van der Waals surface area contributed by atoms with Crippen molar-refractivity contribution in [3.63, 3.8) is 0 Å². The molecule has 0 aromatic rings. The predicted molar refractivity (Wildman–Crippen MR) is 238 cm³/mol. The van der Waals surface area contributed by atoms with Crippen molar-refractivity contribution in [2.24, 2.45) is 0 Å². The summed E-state index contributed by atoms with van der Waals surface area (Å²) in [5.74, 6) is 0. The van der Waals surface area contributed by atoms with Crippen LogP contribution in [0.1, 0.15) is 51.4 Å². The van der Waals surface area contributed by atoms with Crippen LogP contribution in [0.3, 0.4) is 0 Å². The normalized spacial score (nSPS) is 14.8. The second-order valence-corrected chi connectivity index (χ2v) is 32.3. The molecule has 4 fully saturated rings. The molecule has 16 radical (unpaired) electrons. The minimum atomic E-state index is 0. The van der Waals surface area contributed by atoms with Gasteiger partial charge in [-0.3, -0.25) is 0 Å². The molecule has 47 heavy (non-hydrogen) atoms. The van der Waals surface area contributed by atoms with Crippen LogP contribution in [-0.4, -0.2) is 190 Å². The largest absolute Gasteiger partial charge is 0.381 e. The van der Waals surface area contributed by atoms with Gasteiger partial charge in [0.2, 0.25) is 0 Å². The van der Waals surface area contributed by atoms with Crippen molar-refractivity contribution < 1.29 is 18.9 Å². The van der Waals surface area contributed by atoms with E-state index in [9.17, 15) is 0 Å². The van der Waals surface area contributed by atoms with Crippen LogP contribution < -0.4 is 0 Å². The summed E-state index contributed by atoms with van der Waals surface area (Å²) in [7, 11) is 0.722. The molecule has 4 aliphatic heterocycles. The monoisotopic (exact) mass is 1010 g/mol. The summed E-state index contributed by atoms with van der Waals surface area (Å²) < 4.78 is 19.8. The van der Waals surface area contributed by atoms with Crippen LogP contribution in [0.15, 0.2) is 0 Å². The van der Waals surface area contributed by atoms with E-state index in [1.165, 1.54) is 51.4 Å². The van der Waals surface area contributed by atoms with Gasteiger partial charge in [0.1, 0.15) is 0 Å². The van der Waals surface area contributed by atoms with Crippen LogP contribution in [0.4, 0.5) is 0 Å². The molecule has 280 valence electrons. The van der Waals surface area contributed by atoms with E-state index in [4.69, 9.17) is 18.9 Å². The molecule has 0 aliphatic carbocycles. The van der Waals surface area contributed by atoms with E-state index in [0.29, 0.717) is 0 Å². The van der Waals surface area contributed by atoms with Crippen molar-refractivity contribution in [3.8, 4) is 0 Å². The van der Waals surface area contributed by atoms with Crippen molar-refractivity contribution in [1.82, 2.24) is 0 Å². The van der Waals surface area contributed by atoms with Gasteiger partial charge in [-0.05, 0) is 51.4 Å². The fourth-order valence-corrected chi connectivity index (χ4v) is 2.04. The van der Waals surface area contributed by atoms with Gasteiger partial charge in [-0.2, -0.15) is 0 Å². The summed E-state index contributed by atoms with van der Waals surface area (Å²) in [6.07, 6.45) is 10.2. The fourth-order valence-electron chi connectivity index (χ4n) is 2.04. The third-order valence-corrected chi connectivity index (χ3v) is 3.31. The second kappa shape index (κ2) is 67.9. The van der Waals surface area contributed by atoms with E-state index < -0.39 is 0 Å². The van der Waals surface area contributed by atoms with Crippen molar-refractivity contribution in [3.05, 3.63) is 0 Å². The Morgan fingerprint density at radius 3 is 0.319 bits per heavy atom. The zero-order valence-corrected chi connectivity index (χ0v) is 50.3. The molecule has 4 heterocycles. The van der Waals surface area contributed by atoms with Gasteiger partial charge in [-0.15, -0.1) is 0 Å². The standard InChI is InChI=1S/4C4H8O.6C3H9Si.Ba.2Ge/c4*1-2-4-5-3-1;6*1-4(2)3;;;/h4*1-4H2;6*1-3H3;;;. The summed E-state index contributed by atoms with van der Waals surface area (Å²) in [6, 6.07) is 0. The Labute approximate surface area is 373 Å². The molecule has 0 aromatic heterocycles. The van der Waals surface area contributed by atoms with E-state index in [2.05, 4.69) is 118 Å². The number of hydrogen-bond donors (Lipinski definition) is 0. The zero-order chi connectivity index (χ0) is 35.6. The van der Waals surface area contributed by atoms with Gasteiger partial charge >= 0.3 is 0 Å². The van der Waals surface area contributed by atoms with Crippen LogP contribution in [0.2, 0.25) is 118 Å². The first-order chi connectivity index (χ1) is 20.4. The number of rotatable bonds is 0. The topological polar surface area (TPSA) is 36.9 Å². The molecule has 0 spiro atoms. The quantitative estimate of drug-likeness (QED) is 0.227. The minimum Gasteiger partial charge on any atom is -0.381 e. The van der Waals surface area contributed by atoms with Crippen LogP contribution in [0.5, 0.6) is 0 Å². The predicted octanol–water partition coefficient (Wildman–Crippen LogP) is 10.3. The first kappa shape index (κ1) is 72.1. The zero-order valence-electron chi connectivity index (χ0n) is 35.7. The average molecular weight is 1010 g/mol. The first-order valence-electron chi connectivity index (χ1n) is 17.3. The van der Waals surface area contributed by atoms with Gasteiger partial charge in [0.05, 0.1) is 0 Å². The Kier molecular flexibility index (Phi) is 104. The van der Waals surface area contributed by atoms with Crippen LogP contribution >= 0.6 is 0 Å². The Morgan fingerprint density at radius 2 is 0.298 bits per heavy atom. The minimum absolute atomic E-state index is 0. The van der Waals surface area contributed by atoms with Gasteiger partial charge in [0, 0.05) is 190 Å². The molecule has 4 rings (SSSR count). The molecule has 13 heteroatoms. The Bertz CT molecular complexity index is 300. The smallest absolute Gasteiger partial charge is 0.0466 e. The van der Waals surface area contributed by atoms with Crippen LogP contribution in [-0.2, 0) is 18.9 Å². The maximum atomic E-state index is 4.94. The van der Waals surface area contributed by atoms with Gasteiger partial charge in [-0.1, -0.05) is 118 Å². The van der Waals surface area contributed by atoms with Crippen molar-refractivity contribution in [2.75, 3.05) is 52.9 Å². The summed E-state index contributed by atoms with van der Waals surface area (Å²) in [4.78, 5) is 0. The van der Waals surface area contributed by atoms with E-state index in [1.54, 1.807) is 0 Å². The molecule has 0 bridgehead atoms. The van der Waals surface area contributed by atoms with Crippen LogP contribution in [0, 0.1) is 0 Å². The molecule has 4 aliphatic rings. The van der Waals surface area contributed by atoms with Gasteiger partial charge in [-0.25, -0.2) is 0 Å². The molecule has 0 atom stereocenters. The van der Waals surface area contributed by atoms with Crippen molar-refractivity contribution in [1.29, 1.82) is 0 Å². The first-order valence-corrected chi connectivity index (χ1v) is 35.3. The molecule has 4 nitrogen and oxygen atoms in total. The van der Waals surface area contributed by atoms with E-state index in [0.717, 1.165) is 52.9 Å². The van der Waals surface area contributed by atoms with Gasteiger partial charge < -0.3 is 18.9 Å². The fraction of sp³-hybridized carbons (Fsp3) is 1.00. The third kappa shape index (κ3) is 201. The summed E-state index contributed by atoms with van der Waals surface area (Å²) in [5, 5.41) is 0. The maximum Gasteiger partial charge on any atom is 0.0466 e. The Hall–Kier alpha value is 3.80.